The van der Waals surface area contributed by atoms with Crippen molar-refractivity contribution >= 4 is 56.3 Å². The molecule has 0 fully saturated rings. The molecule has 0 spiro atoms. The van der Waals surface area contributed by atoms with Crippen LogP contribution >= 0.6 is 46.0 Å². The number of methoxy groups -OCH3 is 1. The summed E-state index contributed by atoms with van der Waals surface area (Å²) in [6.07, 6.45) is -0.317. The van der Waals surface area contributed by atoms with Gasteiger partial charge in [-0.25, -0.2) is 14.6 Å². The van der Waals surface area contributed by atoms with Crippen LogP contribution in [0.1, 0.15) is 6.92 Å². The van der Waals surface area contributed by atoms with Crippen molar-refractivity contribution < 1.29 is 19.7 Å². The molecule has 2 N–H and O–H groups in total. The Bertz CT molecular complexity index is 1180. The van der Waals surface area contributed by atoms with Crippen molar-refractivity contribution in [3.8, 4) is 10.7 Å². The maximum Gasteiger partial charge on any atom is 0.147 e. The minimum Gasteiger partial charge on any atom is -0.394 e. The molecule has 33 heavy (non-hydrogen) atoms. The third kappa shape index (κ3) is 6.08. The van der Waals surface area contributed by atoms with Crippen molar-refractivity contribution in [2.24, 2.45) is 0 Å². The van der Waals surface area contributed by atoms with Crippen molar-refractivity contribution in [2.75, 3.05) is 13.7 Å². The summed E-state index contributed by atoms with van der Waals surface area (Å²) in [5.41, 5.74) is 2.80. The Hall–Kier alpha value is -1.64. The third-order valence-corrected chi connectivity index (χ3v) is 7.94. The summed E-state index contributed by atoms with van der Waals surface area (Å²) in [7, 11) is 1.59. The van der Waals surface area contributed by atoms with E-state index in [1.807, 2.05) is 18.2 Å². The zero-order valence-electron chi connectivity index (χ0n) is 17.7. The SMILES string of the molecule is CO[C@@H](Cn1cc(-c2nc(Cl)cs2)nn1)C(OC(CO)[C@@H](C)O)Sc1ccc2ncsc2c1. The molecule has 3 heterocycles. The summed E-state index contributed by atoms with van der Waals surface area (Å²) in [4.78, 5) is 9.50. The molecule has 0 radical (unpaired) electrons. The summed E-state index contributed by atoms with van der Waals surface area (Å²) >= 11 is 10.3. The highest BCUT2D eigenvalue weighted by molar-refractivity contribution is 7.99. The molecule has 3 aromatic heterocycles. The highest BCUT2D eigenvalue weighted by Crippen LogP contribution is 2.33. The second-order valence-corrected chi connectivity index (χ2v) is 10.4. The molecule has 0 aliphatic carbocycles. The molecule has 176 valence electrons. The van der Waals surface area contributed by atoms with Crippen LogP contribution in [0.15, 0.2) is 40.2 Å². The van der Waals surface area contributed by atoms with Crippen LogP contribution in [0.2, 0.25) is 5.15 Å². The van der Waals surface area contributed by atoms with Crippen LogP contribution in [0.3, 0.4) is 0 Å². The highest BCUT2D eigenvalue weighted by atomic mass is 35.5. The molecule has 0 amide bonds. The minimum absolute atomic E-state index is 0.322. The average Bonchev–Trinajstić information content (AvgIpc) is 3.55. The smallest absolute Gasteiger partial charge is 0.147 e. The van der Waals surface area contributed by atoms with Gasteiger partial charge in [0.1, 0.15) is 33.5 Å². The Kier molecular flexibility index (Phi) is 8.30. The lowest BCUT2D eigenvalue weighted by Gasteiger charge is -2.30. The Labute approximate surface area is 207 Å². The van der Waals surface area contributed by atoms with E-state index >= 15 is 0 Å². The van der Waals surface area contributed by atoms with Crippen LogP contribution in [0.5, 0.6) is 0 Å². The molecule has 4 atom stereocenters. The van der Waals surface area contributed by atoms with Crippen molar-refractivity contribution in [1.82, 2.24) is 25.0 Å². The highest BCUT2D eigenvalue weighted by Gasteiger charge is 2.29. The lowest BCUT2D eigenvalue weighted by Crippen LogP contribution is -2.40. The van der Waals surface area contributed by atoms with E-state index in [1.165, 1.54) is 23.1 Å². The van der Waals surface area contributed by atoms with Crippen LogP contribution in [0.4, 0.5) is 0 Å². The van der Waals surface area contributed by atoms with E-state index in [-0.39, 0.29) is 6.61 Å². The Morgan fingerprint density at radius 3 is 2.82 bits per heavy atom. The van der Waals surface area contributed by atoms with Crippen LogP contribution < -0.4 is 0 Å². The molecular weight excluding hydrogens is 506 g/mol. The van der Waals surface area contributed by atoms with Crippen molar-refractivity contribution in [3.05, 3.63) is 40.4 Å². The standard InChI is InChI=1S/C20H22ClN5O4S3/c1-11(28)16(8-27)30-20(33-12-3-4-13-17(5-12)32-10-22-13)15(29-2)7-26-6-14(24-25-26)19-23-18(21)9-31-19/h3-6,9-11,15-16,20,27-28H,7-8H2,1-2H3/t11-,15+,16?,20?/m1/s1. The number of thiazole rings is 2. The van der Waals surface area contributed by atoms with Gasteiger partial charge in [0, 0.05) is 17.4 Å². The number of halogens is 1. The Morgan fingerprint density at radius 1 is 1.27 bits per heavy atom. The van der Waals surface area contributed by atoms with Crippen LogP contribution in [-0.2, 0) is 16.0 Å². The predicted octanol–water partition coefficient (Wildman–Crippen LogP) is 3.56. The van der Waals surface area contributed by atoms with Crippen LogP contribution in [-0.4, -0.2) is 72.6 Å². The number of thioether (sulfide) groups is 1. The first-order valence-electron chi connectivity index (χ1n) is 9.95. The monoisotopic (exact) mass is 527 g/mol. The summed E-state index contributed by atoms with van der Waals surface area (Å²) < 4.78 is 14.6. The van der Waals surface area contributed by atoms with Crippen molar-refractivity contribution in [2.45, 2.75) is 42.1 Å². The second kappa shape index (κ2) is 11.2. The molecule has 0 aliphatic heterocycles. The number of nitrogens with zero attached hydrogens (tertiary/aromatic N) is 5. The molecule has 0 saturated carbocycles. The first-order valence-corrected chi connectivity index (χ1v) is 13.0. The Morgan fingerprint density at radius 2 is 2.12 bits per heavy atom. The van der Waals surface area contributed by atoms with Gasteiger partial charge in [-0.3, -0.25) is 0 Å². The van der Waals surface area contributed by atoms with Gasteiger partial charge in [-0.15, -0.1) is 27.8 Å². The van der Waals surface area contributed by atoms with Crippen molar-refractivity contribution in [3.63, 3.8) is 0 Å². The van der Waals surface area contributed by atoms with Gasteiger partial charge < -0.3 is 19.7 Å². The zero-order chi connectivity index (χ0) is 23.4. The maximum absolute atomic E-state index is 10.0. The topological polar surface area (TPSA) is 115 Å². The fraction of sp³-hybridized carbons (Fsp3) is 0.400. The number of aliphatic hydroxyl groups is 2. The zero-order valence-corrected chi connectivity index (χ0v) is 20.9. The second-order valence-electron chi connectivity index (χ2n) is 7.14. The minimum atomic E-state index is -0.854. The Balaban J connectivity index is 1.55. The van der Waals surface area contributed by atoms with Gasteiger partial charge in [0.05, 0.1) is 41.2 Å². The molecule has 4 aromatic rings. The van der Waals surface area contributed by atoms with E-state index in [1.54, 1.807) is 47.1 Å². The molecule has 9 nitrogen and oxygen atoms in total. The number of aliphatic hydroxyl groups excluding tert-OH is 2. The fourth-order valence-electron chi connectivity index (χ4n) is 3.03. The van der Waals surface area contributed by atoms with E-state index in [9.17, 15) is 10.2 Å². The molecule has 13 heteroatoms. The van der Waals surface area contributed by atoms with E-state index in [4.69, 9.17) is 21.1 Å². The quantitative estimate of drug-likeness (QED) is 0.223. The molecule has 2 unspecified atom stereocenters. The number of benzene rings is 1. The molecule has 0 aliphatic rings. The van der Waals surface area contributed by atoms with Gasteiger partial charge in [-0.05, 0) is 25.1 Å². The van der Waals surface area contributed by atoms with E-state index in [0.29, 0.717) is 22.4 Å². The number of aromatic nitrogens is 5. The lowest BCUT2D eigenvalue weighted by molar-refractivity contribution is -0.105. The molecular formula is C20H22ClN5O4S3. The predicted molar refractivity (Wildman–Crippen MR) is 130 cm³/mol. The van der Waals surface area contributed by atoms with E-state index < -0.39 is 23.7 Å². The average molecular weight is 528 g/mol. The first-order chi connectivity index (χ1) is 16.0. The number of fused-ring (bicyclic) bond motifs is 1. The van der Waals surface area contributed by atoms with Gasteiger partial charge in [-0.2, -0.15) is 0 Å². The largest absolute Gasteiger partial charge is 0.394 e. The summed E-state index contributed by atoms with van der Waals surface area (Å²) in [5, 5.41) is 30.9. The maximum atomic E-state index is 10.0. The molecule has 1 aromatic carbocycles. The summed E-state index contributed by atoms with van der Waals surface area (Å²) in [6, 6.07) is 5.96. The molecule has 0 saturated heterocycles. The van der Waals surface area contributed by atoms with Gasteiger partial charge in [0.25, 0.3) is 0 Å². The van der Waals surface area contributed by atoms with Gasteiger partial charge >= 0.3 is 0 Å². The number of ether oxygens (including phenoxy) is 2. The molecule has 0 bridgehead atoms. The van der Waals surface area contributed by atoms with Crippen LogP contribution in [0, 0.1) is 0 Å². The van der Waals surface area contributed by atoms with Gasteiger partial charge in [0.2, 0.25) is 0 Å². The van der Waals surface area contributed by atoms with Gasteiger partial charge in [0.15, 0.2) is 0 Å². The van der Waals surface area contributed by atoms with Gasteiger partial charge in [-0.1, -0.05) is 28.6 Å². The van der Waals surface area contributed by atoms with E-state index in [0.717, 1.165) is 15.1 Å². The summed E-state index contributed by atoms with van der Waals surface area (Å²) in [5.74, 6) is 0. The first kappa shape index (κ1) is 24.5. The number of hydrogen-bond donors (Lipinski definition) is 2. The molecule has 4 rings (SSSR count). The summed E-state index contributed by atoms with van der Waals surface area (Å²) in [6.45, 7) is 1.59. The number of hydrogen-bond acceptors (Lipinski definition) is 11. The normalized spacial score (nSPS) is 15.5. The van der Waals surface area contributed by atoms with Crippen LogP contribution in [0.25, 0.3) is 20.9 Å². The van der Waals surface area contributed by atoms with Crippen molar-refractivity contribution in [1.29, 1.82) is 0 Å². The fourth-order valence-corrected chi connectivity index (χ4v) is 5.86. The number of rotatable bonds is 11. The van der Waals surface area contributed by atoms with E-state index in [2.05, 4.69) is 20.3 Å². The lowest BCUT2D eigenvalue weighted by atomic mass is 10.2. The third-order valence-electron chi connectivity index (χ3n) is 4.79.